The molecule has 0 bridgehead atoms. The zero-order valence-electron chi connectivity index (χ0n) is 19.4. The van der Waals surface area contributed by atoms with Crippen LogP contribution in [0.3, 0.4) is 0 Å². The maximum atomic E-state index is 10.6. The third-order valence-corrected chi connectivity index (χ3v) is 4.92. The molecule has 3 N–H and O–H groups in total. The van der Waals surface area contributed by atoms with Gasteiger partial charge in [0.1, 0.15) is 6.10 Å². The molecule has 28 heavy (non-hydrogen) atoms. The quantitative estimate of drug-likeness (QED) is 0.176. The average Bonchev–Trinajstić information content (AvgIpc) is 2.61. The van der Waals surface area contributed by atoms with Gasteiger partial charge in [0, 0.05) is 0 Å². The Labute approximate surface area is 175 Å². The van der Waals surface area contributed by atoms with Crippen LogP contribution in [0.15, 0.2) is 0 Å². The van der Waals surface area contributed by atoms with Gasteiger partial charge in [-0.05, 0) is 12.8 Å². The molecule has 0 saturated heterocycles. The van der Waals surface area contributed by atoms with Gasteiger partial charge in [-0.2, -0.15) is 0 Å². The number of unbranched alkanes of at least 4 members (excludes halogenated alkanes) is 13. The summed E-state index contributed by atoms with van der Waals surface area (Å²) in [5.41, 5.74) is 5.00. The van der Waals surface area contributed by atoms with E-state index in [0.29, 0.717) is 6.42 Å². The molecule has 0 aliphatic carbocycles. The zero-order valence-corrected chi connectivity index (χ0v) is 19.4. The lowest BCUT2D eigenvalue weighted by Gasteiger charge is -2.33. The Bertz CT molecular complexity index is 330. The minimum atomic E-state index is -0.942. The molecule has 0 aliphatic rings. The molecule has 1 unspecified atom stereocenters. The highest BCUT2D eigenvalue weighted by Gasteiger charge is 2.09. The first-order valence-electron chi connectivity index (χ1n) is 11.8. The number of primary amides is 1. The first-order valence-corrected chi connectivity index (χ1v) is 11.8. The molecule has 5 nitrogen and oxygen atoms in total. The van der Waals surface area contributed by atoms with Crippen molar-refractivity contribution in [2.45, 2.75) is 123 Å². The number of aliphatic hydroxyl groups is 1. The van der Waals surface area contributed by atoms with Crippen molar-refractivity contribution >= 4 is 5.91 Å². The molecule has 1 atom stereocenters. The van der Waals surface area contributed by atoms with E-state index in [1.165, 1.54) is 77.0 Å². The molecular formula is C23H50N2O3. The lowest BCUT2D eigenvalue weighted by Crippen LogP contribution is -2.32. The normalized spacial score (nSPS) is 12.4. The zero-order chi connectivity index (χ0) is 21.7. The van der Waals surface area contributed by atoms with Crippen LogP contribution in [-0.2, 0) is 4.79 Å². The third kappa shape index (κ3) is 27.6. The summed E-state index contributed by atoms with van der Waals surface area (Å²) in [6.07, 6.45) is 18.9. The third-order valence-electron chi connectivity index (χ3n) is 4.92. The Morgan fingerprint density at radius 1 is 0.786 bits per heavy atom. The largest absolute Gasteiger partial charge is 0.633 e. The van der Waals surface area contributed by atoms with Crippen LogP contribution in [0.1, 0.15) is 117 Å². The van der Waals surface area contributed by atoms with Crippen LogP contribution in [-0.4, -0.2) is 42.4 Å². The summed E-state index contributed by atoms with van der Waals surface area (Å²) in [7, 11) is 3.31. The molecule has 0 aromatic heterocycles. The molecular weight excluding hydrogens is 352 g/mol. The Balaban J connectivity index is 0. The highest BCUT2D eigenvalue weighted by molar-refractivity contribution is 5.78. The van der Waals surface area contributed by atoms with Crippen LogP contribution in [0.4, 0.5) is 0 Å². The molecule has 0 radical (unpaired) electrons. The van der Waals surface area contributed by atoms with Crippen LogP contribution in [0.5, 0.6) is 0 Å². The van der Waals surface area contributed by atoms with E-state index in [9.17, 15) is 15.1 Å². The van der Waals surface area contributed by atoms with E-state index in [-0.39, 0.29) is 4.65 Å². The van der Waals surface area contributed by atoms with Crippen molar-refractivity contribution in [2.75, 3.05) is 20.6 Å². The Morgan fingerprint density at radius 3 is 1.39 bits per heavy atom. The van der Waals surface area contributed by atoms with Gasteiger partial charge in [-0.3, -0.25) is 4.79 Å². The molecule has 0 heterocycles. The smallest absolute Gasteiger partial charge is 0.246 e. The molecule has 0 saturated carbocycles. The molecule has 0 aliphatic heterocycles. The molecule has 170 valence electrons. The lowest BCUT2D eigenvalue weighted by atomic mass is 10.0. The van der Waals surface area contributed by atoms with Gasteiger partial charge in [-0.25, -0.2) is 0 Å². The Hall–Kier alpha value is -0.650. The monoisotopic (exact) mass is 402 g/mol. The van der Waals surface area contributed by atoms with Crippen LogP contribution in [0, 0.1) is 5.21 Å². The summed E-state index contributed by atoms with van der Waals surface area (Å²) in [5, 5.41) is 19.9. The van der Waals surface area contributed by atoms with Crippen LogP contribution in [0.2, 0.25) is 0 Å². The van der Waals surface area contributed by atoms with E-state index in [0.717, 1.165) is 25.8 Å². The van der Waals surface area contributed by atoms with Gasteiger partial charge < -0.3 is 20.7 Å². The second kappa shape index (κ2) is 21.1. The highest BCUT2D eigenvalue weighted by atomic mass is 16.5. The number of quaternary nitrogens is 1. The van der Waals surface area contributed by atoms with Gasteiger partial charge in [-0.15, -0.1) is 0 Å². The van der Waals surface area contributed by atoms with Gasteiger partial charge in [0.25, 0.3) is 0 Å². The maximum absolute atomic E-state index is 10.6. The minimum Gasteiger partial charge on any atom is -0.633 e. The maximum Gasteiger partial charge on any atom is 0.246 e. The number of carbonyl (C=O) groups is 1. The topological polar surface area (TPSA) is 86.4 Å². The summed E-state index contributed by atoms with van der Waals surface area (Å²) in [4.78, 5) is 10.6. The van der Waals surface area contributed by atoms with Crippen molar-refractivity contribution in [3.05, 3.63) is 5.21 Å². The number of nitrogens with two attached hydrogens (primary N) is 1. The SMILES string of the molecule is CCCCCCCCCCCCCCCCC(O)C(N)=O.CCC[N+](C)(C)[O-]. The number of carbonyl (C=O) groups excluding carboxylic acids is 1. The van der Waals surface area contributed by atoms with Crippen molar-refractivity contribution in [1.82, 2.24) is 0 Å². The predicted octanol–water partition coefficient (Wildman–Crippen LogP) is 5.67. The molecule has 0 spiro atoms. The first kappa shape index (κ1) is 29.6. The summed E-state index contributed by atoms with van der Waals surface area (Å²) in [6, 6.07) is 0. The van der Waals surface area contributed by atoms with Gasteiger partial charge in [-0.1, -0.05) is 104 Å². The number of rotatable bonds is 18. The van der Waals surface area contributed by atoms with Gasteiger partial charge in [0.15, 0.2) is 0 Å². The molecule has 0 aromatic rings. The van der Waals surface area contributed by atoms with E-state index in [1.54, 1.807) is 14.1 Å². The number of amides is 1. The van der Waals surface area contributed by atoms with Crippen LogP contribution >= 0.6 is 0 Å². The van der Waals surface area contributed by atoms with Gasteiger partial charge >= 0.3 is 0 Å². The second-order valence-corrected chi connectivity index (χ2v) is 8.60. The van der Waals surface area contributed by atoms with Gasteiger partial charge in [0.05, 0.1) is 20.6 Å². The van der Waals surface area contributed by atoms with E-state index in [4.69, 9.17) is 5.73 Å². The second-order valence-electron chi connectivity index (χ2n) is 8.60. The molecule has 0 fully saturated rings. The summed E-state index contributed by atoms with van der Waals surface area (Å²) in [5.74, 6) is -0.593. The minimum absolute atomic E-state index is 0.156. The number of nitrogens with zero attached hydrogens (tertiary/aromatic N) is 1. The fourth-order valence-corrected chi connectivity index (χ4v) is 3.21. The molecule has 5 heteroatoms. The number of hydrogen-bond donors (Lipinski definition) is 2. The number of hydrogen-bond acceptors (Lipinski definition) is 3. The summed E-state index contributed by atoms with van der Waals surface area (Å²) in [6.45, 7) is 5.00. The number of aliphatic hydroxyl groups excluding tert-OH is 1. The van der Waals surface area contributed by atoms with E-state index in [1.807, 2.05) is 6.92 Å². The average molecular weight is 403 g/mol. The summed E-state index contributed by atoms with van der Waals surface area (Å²) < 4.78 is -0.156. The molecule has 1 amide bonds. The van der Waals surface area contributed by atoms with Crippen molar-refractivity contribution in [3.63, 3.8) is 0 Å². The van der Waals surface area contributed by atoms with Crippen molar-refractivity contribution in [3.8, 4) is 0 Å². The van der Waals surface area contributed by atoms with Gasteiger partial charge in [0.2, 0.25) is 5.91 Å². The van der Waals surface area contributed by atoms with E-state index < -0.39 is 12.0 Å². The Morgan fingerprint density at radius 2 is 1.14 bits per heavy atom. The fraction of sp³-hybridized carbons (Fsp3) is 0.957. The van der Waals surface area contributed by atoms with Crippen molar-refractivity contribution in [1.29, 1.82) is 0 Å². The standard InChI is InChI=1S/C18H37NO2.C5H13NO/c1-2-3-4-5-6-7-8-9-10-11-12-13-14-15-16-17(20)18(19)21;1-4-5-6(2,3)7/h17,20H,2-16H2,1H3,(H2,19,21);4-5H2,1-3H3. The molecule has 0 rings (SSSR count). The predicted molar refractivity (Wildman–Crippen MR) is 121 cm³/mol. The number of hydroxylamine groups is 3. The van der Waals surface area contributed by atoms with Crippen molar-refractivity contribution in [2.24, 2.45) is 5.73 Å². The first-order chi connectivity index (χ1) is 13.2. The van der Waals surface area contributed by atoms with Crippen molar-refractivity contribution < 1.29 is 14.5 Å². The Kier molecular flexibility index (Phi) is 22.2. The molecule has 0 aromatic carbocycles. The van der Waals surface area contributed by atoms with Crippen LogP contribution < -0.4 is 5.73 Å². The van der Waals surface area contributed by atoms with E-state index >= 15 is 0 Å². The van der Waals surface area contributed by atoms with E-state index in [2.05, 4.69) is 6.92 Å². The fourth-order valence-electron chi connectivity index (χ4n) is 3.21. The summed E-state index contributed by atoms with van der Waals surface area (Å²) >= 11 is 0. The van der Waals surface area contributed by atoms with Crippen LogP contribution in [0.25, 0.3) is 0 Å². The highest BCUT2D eigenvalue weighted by Crippen LogP contribution is 2.13. The lowest BCUT2D eigenvalue weighted by molar-refractivity contribution is -0.839.